The molecule has 1 aromatic heterocycles. The Balaban J connectivity index is 1.91. The molecule has 3 nitrogen and oxygen atoms in total. The molecule has 1 atom stereocenters. The van der Waals surface area contributed by atoms with Crippen LogP contribution in [-0.2, 0) is 0 Å². The summed E-state index contributed by atoms with van der Waals surface area (Å²) in [5, 5.41) is 3.50. The lowest BCUT2D eigenvalue weighted by atomic mass is 9.81. The molecule has 0 amide bonds. The molecule has 0 aliphatic heterocycles. The molecule has 1 aliphatic carbocycles. The molecule has 1 heterocycles. The fraction of sp³-hybridized carbons (Fsp3) is 0.500. The fourth-order valence-corrected chi connectivity index (χ4v) is 3.32. The molecule has 0 radical (unpaired) electrons. The van der Waals surface area contributed by atoms with Crippen LogP contribution in [0.15, 0.2) is 30.6 Å². The normalized spacial score (nSPS) is 18.6. The number of fused-ring (bicyclic) bond motifs is 1. The molecule has 1 fully saturated rings. The highest BCUT2D eigenvalue weighted by Crippen LogP contribution is 2.34. The maximum absolute atomic E-state index is 4.41. The number of nitrogens with zero attached hydrogens (tertiary/aromatic N) is 2. The third-order valence-corrected chi connectivity index (χ3v) is 4.28. The van der Waals surface area contributed by atoms with E-state index < -0.39 is 0 Å². The van der Waals surface area contributed by atoms with E-state index in [4.69, 9.17) is 0 Å². The van der Waals surface area contributed by atoms with Crippen molar-refractivity contribution >= 4 is 11.0 Å². The molecule has 1 saturated carbocycles. The van der Waals surface area contributed by atoms with E-state index in [1.54, 1.807) is 12.4 Å². The first kappa shape index (κ1) is 12.5. The molecule has 0 saturated heterocycles. The van der Waals surface area contributed by atoms with Gasteiger partial charge in [-0.25, -0.2) is 0 Å². The lowest BCUT2D eigenvalue weighted by Crippen LogP contribution is -2.26. The van der Waals surface area contributed by atoms with Crippen molar-refractivity contribution < 1.29 is 0 Å². The second-order valence-electron chi connectivity index (χ2n) is 5.47. The first-order valence-electron chi connectivity index (χ1n) is 7.26. The van der Waals surface area contributed by atoms with Crippen LogP contribution in [0.4, 0.5) is 0 Å². The standard InChI is InChI=1S/C16H21N3/c1-17-16(12-5-3-2-4-6-12)13-7-8-14-15(11-13)19-10-9-18-14/h7-12,16-17H,2-6H2,1H3. The highest BCUT2D eigenvalue weighted by atomic mass is 14.9. The summed E-state index contributed by atoms with van der Waals surface area (Å²) in [5.41, 5.74) is 3.32. The molecular formula is C16H21N3. The molecule has 0 spiro atoms. The second kappa shape index (κ2) is 5.66. The number of hydrogen-bond donors (Lipinski definition) is 1. The Kier molecular flexibility index (Phi) is 3.74. The van der Waals surface area contributed by atoms with Gasteiger partial charge in [0.1, 0.15) is 0 Å². The average molecular weight is 255 g/mol. The van der Waals surface area contributed by atoms with Crippen LogP contribution in [0.2, 0.25) is 0 Å². The lowest BCUT2D eigenvalue weighted by Gasteiger charge is -2.30. The van der Waals surface area contributed by atoms with Crippen LogP contribution in [0.3, 0.4) is 0 Å². The Morgan fingerprint density at radius 1 is 1.05 bits per heavy atom. The van der Waals surface area contributed by atoms with E-state index in [9.17, 15) is 0 Å². The van der Waals surface area contributed by atoms with Gasteiger partial charge >= 0.3 is 0 Å². The first-order chi connectivity index (χ1) is 9.38. The minimum Gasteiger partial charge on any atom is -0.313 e. The summed E-state index contributed by atoms with van der Waals surface area (Å²) in [7, 11) is 2.07. The molecule has 1 unspecified atom stereocenters. The summed E-state index contributed by atoms with van der Waals surface area (Å²) in [6.45, 7) is 0. The monoisotopic (exact) mass is 255 g/mol. The van der Waals surface area contributed by atoms with Gasteiger partial charge in [0.05, 0.1) is 11.0 Å². The summed E-state index contributed by atoms with van der Waals surface area (Å²) >= 11 is 0. The predicted molar refractivity (Wildman–Crippen MR) is 77.9 cm³/mol. The largest absolute Gasteiger partial charge is 0.313 e. The molecule has 1 N–H and O–H groups in total. The van der Waals surface area contributed by atoms with Gasteiger partial charge in [-0.2, -0.15) is 0 Å². The van der Waals surface area contributed by atoms with Crippen molar-refractivity contribution in [3.8, 4) is 0 Å². The van der Waals surface area contributed by atoms with Crippen LogP contribution in [0, 0.1) is 5.92 Å². The average Bonchev–Trinajstić information content (AvgIpc) is 2.49. The number of aromatic nitrogens is 2. The van der Waals surface area contributed by atoms with Crippen molar-refractivity contribution in [2.75, 3.05) is 7.05 Å². The zero-order chi connectivity index (χ0) is 13.1. The molecule has 0 bridgehead atoms. The van der Waals surface area contributed by atoms with Gasteiger partial charge in [-0.3, -0.25) is 9.97 Å². The fourth-order valence-electron chi connectivity index (χ4n) is 3.32. The third-order valence-electron chi connectivity index (χ3n) is 4.28. The van der Waals surface area contributed by atoms with E-state index in [1.807, 2.05) is 0 Å². The van der Waals surface area contributed by atoms with Gasteiger partial charge in [-0.15, -0.1) is 0 Å². The molecule has 100 valence electrons. The Hall–Kier alpha value is -1.48. The highest BCUT2D eigenvalue weighted by molar-refractivity contribution is 5.74. The van der Waals surface area contributed by atoms with Gasteiger partial charge in [-0.05, 0) is 43.5 Å². The minimum atomic E-state index is 0.451. The first-order valence-corrected chi connectivity index (χ1v) is 7.26. The predicted octanol–water partition coefficient (Wildman–Crippen LogP) is 3.47. The van der Waals surface area contributed by atoms with Crippen molar-refractivity contribution in [1.29, 1.82) is 0 Å². The second-order valence-corrected chi connectivity index (χ2v) is 5.47. The zero-order valence-electron chi connectivity index (χ0n) is 11.5. The van der Waals surface area contributed by atoms with Gasteiger partial charge in [0, 0.05) is 18.4 Å². The van der Waals surface area contributed by atoms with Crippen LogP contribution in [-0.4, -0.2) is 17.0 Å². The molecule has 2 aromatic rings. The number of nitrogens with one attached hydrogen (secondary N) is 1. The van der Waals surface area contributed by atoms with E-state index in [0.717, 1.165) is 17.0 Å². The van der Waals surface area contributed by atoms with Crippen LogP contribution in [0.5, 0.6) is 0 Å². The van der Waals surface area contributed by atoms with E-state index in [2.05, 4.69) is 40.5 Å². The van der Waals surface area contributed by atoms with Gasteiger partial charge < -0.3 is 5.32 Å². The molecule has 1 aromatic carbocycles. The Labute approximate surface area is 114 Å². The smallest absolute Gasteiger partial charge is 0.0890 e. The molecule has 19 heavy (non-hydrogen) atoms. The van der Waals surface area contributed by atoms with Crippen molar-refractivity contribution in [1.82, 2.24) is 15.3 Å². The summed E-state index contributed by atoms with van der Waals surface area (Å²) < 4.78 is 0. The van der Waals surface area contributed by atoms with Crippen LogP contribution in [0.25, 0.3) is 11.0 Å². The Morgan fingerprint density at radius 2 is 1.79 bits per heavy atom. The van der Waals surface area contributed by atoms with Crippen molar-refractivity contribution in [2.45, 2.75) is 38.1 Å². The molecule has 1 aliphatic rings. The van der Waals surface area contributed by atoms with Gasteiger partial charge in [0.15, 0.2) is 0 Å². The van der Waals surface area contributed by atoms with E-state index in [1.165, 1.54) is 37.7 Å². The molecule has 3 rings (SSSR count). The maximum Gasteiger partial charge on any atom is 0.0890 e. The zero-order valence-corrected chi connectivity index (χ0v) is 11.5. The summed E-state index contributed by atoms with van der Waals surface area (Å²) in [6.07, 6.45) is 10.3. The molecule has 3 heteroatoms. The van der Waals surface area contributed by atoms with Crippen LogP contribution < -0.4 is 5.32 Å². The topological polar surface area (TPSA) is 37.8 Å². The summed E-state index contributed by atoms with van der Waals surface area (Å²) in [5.74, 6) is 0.757. The van der Waals surface area contributed by atoms with Crippen molar-refractivity contribution in [3.05, 3.63) is 36.2 Å². The van der Waals surface area contributed by atoms with Crippen molar-refractivity contribution in [3.63, 3.8) is 0 Å². The third kappa shape index (κ3) is 2.61. The van der Waals surface area contributed by atoms with Gasteiger partial charge in [0.2, 0.25) is 0 Å². The van der Waals surface area contributed by atoms with E-state index in [-0.39, 0.29) is 0 Å². The number of hydrogen-bond acceptors (Lipinski definition) is 3. The number of rotatable bonds is 3. The Morgan fingerprint density at radius 3 is 2.53 bits per heavy atom. The van der Waals surface area contributed by atoms with Gasteiger partial charge in [0.25, 0.3) is 0 Å². The highest BCUT2D eigenvalue weighted by Gasteiger charge is 2.23. The molecular weight excluding hydrogens is 234 g/mol. The van der Waals surface area contributed by atoms with Gasteiger partial charge in [-0.1, -0.05) is 25.3 Å². The number of benzene rings is 1. The quantitative estimate of drug-likeness (QED) is 0.912. The van der Waals surface area contributed by atoms with Crippen molar-refractivity contribution in [2.24, 2.45) is 5.92 Å². The Bertz CT molecular complexity index is 546. The summed E-state index contributed by atoms with van der Waals surface area (Å²) in [6, 6.07) is 6.93. The van der Waals surface area contributed by atoms with Crippen LogP contribution >= 0.6 is 0 Å². The van der Waals surface area contributed by atoms with E-state index in [0.29, 0.717) is 6.04 Å². The minimum absolute atomic E-state index is 0.451. The maximum atomic E-state index is 4.41. The van der Waals surface area contributed by atoms with E-state index >= 15 is 0 Å². The SMILES string of the molecule is CNC(c1ccc2nccnc2c1)C1CCCCC1. The summed E-state index contributed by atoms with van der Waals surface area (Å²) in [4.78, 5) is 8.75. The van der Waals surface area contributed by atoms with Crippen LogP contribution in [0.1, 0.15) is 43.7 Å². The lowest BCUT2D eigenvalue weighted by molar-refractivity contribution is 0.282.